The fourth-order valence-corrected chi connectivity index (χ4v) is 2.87. The van der Waals surface area contributed by atoms with Gasteiger partial charge in [-0.25, -0.2) is 4.68 Å². The quantitative estimate of drug-likeness (QED) is 0.690. The number of hydrogen-bond donors (Lipinski definition) is 0. The van der Waals surface area contributed by atoms with Crippen LogP contribution in [0.25, 0.3) is 5.82 Å². The van der Waals surface area contributed by atoms with Gasteiger partial charge in [-0.1, -0.05) is 42.1 Å². The monoisotopic (exact) mass is 296 g/mol. The zero-order valence-electron chi connectivity index (χ0n) is 12.0. The van der Waals surface area contributed by atoms with Crippen LogP contribution in [-0.2, 0) is 5.75 Å². The summed E-state index contributed by atoms with van der Waals surface area (Å²) in [5.41, 5.74) is 3.33. The van der Waals surface area contributed by atoms with Crippen LogP contribution in [0.5, 0.6) is 0 Å². The Morgan fingerprint density at radius 1 is 1.00 bits per heavy atom. The molecule has 0 bridgehead atoms. The molecule has 3 rings (SSSR count). The van der Waals surface area contributed by atoms with Crippen molar-refractivity contribution in [2.24, 2.45) is 0 Å². The van der Waals surface area contributed by atoms with Crippen LogP contribution in [-0.4, -0.2) is 20.0 Å². The van der Waals surface area contributed by atoms with E-state index >= 15 is 0 Å². The van der Waals surface area contributed by atoms with Gasteiger partial charge in [-0.2, -0.15) is 5.10 Å². The van der Waals surface area contributed by atoms with Crippen LogP contribution in [0.3, 0.4) is 0 Å². The molecule has 21 heavy (non-hydrogen) atoms. The summed E-state index contributed by atoms with van der Waals surface area (Å²) in [4.78, 5) is 0. The van der Waals surface area contributed by atoms with Crippen molar-refractivity contribution in [3.05, 3.63) is 65.5 Å². The molecule has 106 valence electrons. The lowest BCUT2D eigenvalue weighted by atomic mass is 10.2. The molecule has 0 aliphatic heterocycles. The highest BCUT2D eigenvalue weighted by molar-refractivity contribution is 7.98. The Bertz CT molecular complexity index is 720. The second-order valence-corrected chi connectivity index (χ2v) is 5.84. The van der Waals surface area contributed by atoms with Crippen molar-refractivity contribution in [2.45, 2.75) is 24.6 Å². The van der Waals surface area contributed by atoms with Crippen molar-refractivity contribution in [3.63, 3.8) is 0 Å². The third-order valence-electron chi connectivity index (χ3n) is 3.08. The standard InChI is InChI=1S/C16H16N4S/c1-12-10-13(2)20(19-12)15-8-9-16(18-17-15)21-11-14-6-4-3-5-7-14/h3-10H,11H2,1-2H3. The number of aromatic nitrogens is 4. The molecule has 4 nitrogen and oxygen atoms in total. The first-order chi connectivity index (χ1) is 10.2. The van der Waals surface area contributed by atoms with Crippen LogP contribution in [0.1, 0.15) is 17.0 Å². The van der Waals surface area contributed by atoms with Crippen molar-refractivity contribution in [3.8, 4) is 5.82 Å². The molecule has 0 N–H and O–H groups in total. The molecule has 0 fully saturated rings. The Kier molecular flexibility index (Phi) is 4.01. The zero-order valence-corrected chi connectivity index (χ0v) is 12.8. The highest BCUT2D eigenvalue weighted by Crippen LogP contribution is 2.20. The van der Waals surface area contributed by atoms with Crippen LogP contribution in [0.2, 0.25) is 0 Å². The van der Waals surface area contributed by atoms with E-state index in [2.05, 4.69) is 27.4 Å². The summed E-state index contributed by atoms with van der Waals surface area (Å²) in [6.07, 6.45) is 0. The van der Waals surface area contributed by atoms with Crippen molar-refractivity contribution >= 4 is 11.8 Å². The first kappa shape index (κ1) is 13.8. The van der Waals surface area contributed by atoms with Gasteiger partial charge in [-0.15, -0.1) is 10.2 Å². The summed E-state index contributed by atoms with van der Waals surface area (Å²) >= 11 is 1.68. The minimum atomic E-state index is 0.754. The van der Waals surface area contributed by atoms with Gasteiger partial charge in [-0.05, 0) is 37.6 Å². The maximum absolute atomic E-state index is 4.41. The first-order valence-electron chi connectivity index (χ1n) is 6.76. The molecule has 0 saturated heterocycles. The predicted molar refractivity (Wildman–Crippen MR) is 84.6 cm³/mol. The average Bonchev–Trinajstić information content (AvgIpc) is 2.85. The summed E-state index contributed by atoms with van der Waals surface area (Å²) in [7, 11) is 0. The van der Waals surface area contributed by atoms with Crippen molar-refractivity contribution in [2.75, 3.05) is 0 Å². The van der Waals surface area contributed by atoms with E-state index in [1.807, 2.05) is 54.9 Å². The summed E-state index contributed by atoms with van der Waals surface area (Å²) in [5.74, 6) is 1.65. The van der Waals surface area contributed by atoms with Crippen LogP contribution >= 0.6 is 11.8 Å². The maximum atomic E-state index is 4.41. The van der Waals surface area contributed by atoms with E-state index in [4.69, 9.17) is 0 Å². The minimum Gasteiger partial charge on any atom is -0.218 e. The lowest BCUT2D eigenvalue weighted by molar-refractivity contribution is 0.765. The van der Waals surface area contributed by atoms with E-state index in [9.17, 15) is 0 Å². The normalized spacial score (nSPS) is 10.8. The van der Waals surface area contributed by atoms with Gasteiger partial charge in [0.1, 0.15) is 5.03 Å². The van der Waals surface area contributed by atoms with Gasteiger partial charge < -0.3 is 0 Å². The van der Waals surface area contributed by atoms with Gasteiger partial charge in [0.15, 0.2) is 5.82 Å². The Morgan fingerprint density at radius 2 is 1.81 bits per heavy atom. The number of benzene rings is 1. The molecular weight excluding hydrogens is 280 g/mol. The van der Waals surface area contributed by atoms with E-state index < -0.39 is 0 Å². The van der Waals surface area contributed by atoms with Crippen LogP contribution in [0, 0.1) is 13.8 Å². The Labute approximate surface area is 128 Å². The molecule has 0 atom stereocenters. The van der Waals surface area contributed by atoms with Gasteiger partial charge in [0.2, 0.25) is 0 Å². The molecule has 0 radical (unpaired) electrons. The molecule has 0 spiro atoms. The van der Waals surface area contributed by atoms with Crippen LogP contribution in [0.4, 0.5) is 0 Å². The maximum Gasteiger partial charge on any atom is 0.175 e. The van der Waals surface area contributed by atoms with Crippen molar-refractivity contribution in [1.82, 2.24) is 20.0 Å². The predicted octanol–water partition coefficient (Wildman–Crippen LogP) is 3.57. The Hall–Kier alpha value is -2.14. The highest BCUT2D eigenvalue weighted by Gasteiger charge is 2.06. The minimum absolute atomic E-state index is 0.754. The molecule has 2 aromatic heterocycles. The van der Waals surface area contributed by atoms with Crippen LogP contribution in [0.15, 0.2) is 53.6 Å². The first-order valence-corrected chi connectivity index (χ1v) is 7.75. The van der Waals surface area contributed by atoms with Gasteiger partial charge in [0.05, 0.1) is 5.69 Å². The van der Waals surface area contributed by atoms with Crippen LogP contribution < -0.4 is 0 Å². The topological polar surface area (TPSA) is 43.6 Å². The fourth-order valence-electron chi connectivity index (χ4n) is 2.10. The lowest BCUT2D eigenvalue weighted by Crippen LogP contribution is -2.03. The number of hydrogen-bond acceptors (Lipinski definition) is 4. The van der Waals surface area contributed by atoms with Gasteiger partial charge in [-0.3, -0.25) is 0 Å². The third-order valence-corrected chi connectivity index (χ3v) is 4.07. The summed E-state index contributed by atoms with van der Waals surface area (Å²) in [5, 5.41) is 13.9. The molecule has 5 heteroatoms. The van der Waals surface area contributed by atoms with E-state index in [1.54, 1.807) is 11.8 Å². The van der Waals surface area contributed by atoms with E-state index in [-0.39, 0.29) is 0 Å². The van der Waals surface area contributed by atoms with Gasteiger partial charge in [0.25, 0.3) is 0 Å². The van der Waals surface area contributed by atoms with E-state index in [0.717, 1.165) is 28.0 Å². The fraction of sp³-hybridized carbons (Fsp3) is 0.188. The lowest BCUT2D eigenvalue weighted by Gasteiger charge is -2.04. The number of aryl methyl sites for hydroxylation is 2. The molecule has 3 aromatic rings. The van der Waals surface area contributed by atoms with Gasteiger partial charge >= 0.3 is 0 Å². The number of thioether (sulfide) groups is 1. The molecule has 2 heterocycles. The van der Waals surface area contributed by atoms with Crippen molar-refractivity contribution in [1.29, 1.82) is 0 Å². The zero-order chi connectivity index (χ0) is 14.7. The number of nitrogens with zero attached hydrogens (tertiary/aromatic N) is 4. The molecule has 0 aliphatic rings. The number of rotatable bonds is 4. The molecule has 0 aliphatic carbocycles. The van der Waals surface area contributed by atoms with E-state index in [1.165, 1.54) is 5.56 Å². The Balaban J connectivity index is 1.71. The molecule has 0 amide bonds. The smallest absolute Gasteiger partial charge is 0.175 e. The average molecular weight is 296 g/mol. The van der Waals surface area contributed by atoms with E-state index in [0.29, 0.717) is 0 Å². The summed E-state index contributed by atoms with van der Waals surface area (Å²) in [6.45, 7) is 3.99. The summed E-state index contributed by atoms with van der Waals surface area (Å²) < 4.78 is 1.81. The second-order valence-electron chi connectivity index (χ2n) is 4.84. The molecule has 0 saturated carbocycles. The SMILES string of the molecule is Cc1cc(C)n(-c2ccc(SCc3ccccc3)nn2)n1. The largest absolute Gasteiger partial charge is 0.218 e. The Morgan fingerprint density at radius 3 is 2.43 bits per heavy atom. The third kappa shape index (κ3) is 3.31. The summed E-state index contributed by atoms with van der Waals surface area (Å²) in [6, 6.07) is 16.3. The van der Waals surface area contributed by atoms with Gasteiger partial charge in [0, 0.05) is 11.4 Å². The molecule has 0 unspecified atom stereocenters. The molecule has 1 aromatic carbocycles. The van der Waals surface area contributed by atoms with Crippen molar-refractivity contribution < 1.29 is 0 Å². The highest BCUT2D eigenvalue weighted by atomic mass is 32.2. The molecular formula is C16H16N4S. The second kappa shape index (κ2) is 6.10.